The van der Waals surface area contributed by atoms with Gasteiger partial charge in [-0.05, 0) is 42.7 Å². The summed E-state index contributed by atoms with van der Waals surface area (Å²) in [5.41, 5.74) is 1.16. The van der Waals surface area contributed by atoms with Crippen LogP contribution in [0.5, 0.6) is 0 Å². The van der Waals surface area contributed by atoms with Gasteiger partial charge < -0.3 is 10.2 Å². The van der Waals surface area contributed by atoms with Gasteiger partial charge in [-0.3, -0.25) is 9.59 Å². The third-order valence-electron chi connectivity index (χ3n) is 4.56. The topological polar surface area (TPSA) is 49.4 Å². The van der Waals surface area contributed by atoms with E-state index in [9.17, 15) is 14.0 Å². The molecular weight excluding hydrogens is 379 g/mol. The van der Waals surface area contributed by atoms with Gasteiger partial charge in [-0.15, -0.1) is 0 Å². The van der Waals surface area contributed by atoms with Crippen LogP contribution in [0.1, 0.15) is 37.8 Å². The van der Waals surface area contributed by atoms with E-state index in [1.807, 2.05) is 19.1 Å². The van der Waals surface area contributed by atoms with Crippen LogP contribution in [0.15, 0.2) is 48.5 Å². The fraction of sp³-hybridized carbons (Fsp3) is 0.364. The molecule has 0 aliphatic rings. The van der Waals surface area contributed by atoms with E-state index in [0.717, 1.165) is 18.4 Å². The van der Waals surface area contributed by atoms with Gasteiger partial charge in [0.15, 0.2) is 0 Å². The summed E-state index contributed by atoms with van der Waals surface area (Å²) in [6, 6.07) is 12.6. The zero-order valence-electron chi connectivity index (χ0n) is 16.3. The predicted molar refractivity (Wildman–Crippen MR) is 109 cm³/mol. The lowest BCUT2D eigenvalue weighted by Crippen LogP contribution is -2.48. The maximum absolute atomic E-state index is 14.0. The lowest BCUT2D eigenvalue weighted by atomic mass is 10.1. The second-order valence-corrected chi connectivity index (χ2v) is 7.17. The number of carbonyl (C=O) groups excluding carboxylic acids is 2. The highest BCUT2D eigenvalue weighted by atomic mass is 35.5. The Morgan fingerprint density at radius 2 is 1.82 bits per heavy atom. The molecule has 0 aliphatic heterocycles. The van der Waals surface area contributed by atoms with E-state index >= 15 is 0 Å². The molecule has 6 heteroatoms. The highest BCUT2D eigenvalue weighted by Gasteiger charge is 2.26. The van der Waals surface area contributed by atoms with Gasteiger partial charge in [-0.2, -0.15) is 0 Å². The normalized spacial score (nSPS) is 11.7. The molecule has 0 aromatic heterocycles. The van der Waals surface area contributed by atoms with Gasteiger partial charge in [0.05, 0.1) is 6.42 Å². The van der Waals surface area contributed by atoms with Gasteiger partial charge in [0.2, 0.25) is 11.8 Å². The molecule has 28 heavy (non-hydrogen) atoms. The molecule has 150 valence electrons. The first-order valence-electron chi connectivity index (χ1n) is 9.47. The van der Waals surface area contributed by atoms with Crippen molar-refractivity contribution in [2.24, 2.45) is 0 Å². The van der Waals surface area contributed by atoms with Crippen molar-refractivity contribution >= 4 is 23.4 Å². The molecule has 0 saturated carbocycles. The van der Waals surface area contributed by atoms with Crippen LogP contribution in [0.25, 0.3) is 0 Å². The summed E-state index contributed by atoms with van der Waals surface area (Å²) in [5.74, 6) is -0.954. The van der Waals surface area contributed by atoms with Crippen LogP contribution in [0, 0.1) is 5.82 Å². The van der Waals surface area contributed by atoms with E-state index in [1.54, 1.807) is 37.3 Å². The largest absolute Gasteiger partial charge is 0.354 e. The lowest BCUT2D eigenvalue weighted by Gasteiger charge is -2.29. The summed E-state index contributed by atoms with van der Waals surface area (Å²) in [4.78, 5) is 27.0. The lowest BCUT2D eigenvalue weighted by molar-refractivity contribution is -0.140. The number of carbonyl (C=O) groups is 2. The smallest absolute Gasteiger partial charge is 0.242 e. The molecule has 0 heterocycles. The minimum Gasteiger partial charge on any atom is -0.354 e. The average molecular weight is 405 g/mol. The fourth-order valence-corrected chi connectivity index (χ4v) is 2.94. The minimum atomic E-state index is -0.674. The molecule has 0 unspecified atom stereocenters. The summed E-state index contributed by atoms with van der Waals surface area (Å²) in [7, 11) is 0. The highest BCUT2D eigenvalue weighted by molar-refractivity contribution is 6.30. The van der Waals surface area contributed by atoms with Gasteiger partial charge in [-0.1, -0.05) is 55.3 Å². The van der Waals surface area contributed by atoms with Crippen molar-refractivity contribution in [2.75, 3.05) is 6.54 Å². The molecule has 4 nitrogen and oxygen atoms in total. The van der Waals surface area contributed by atoms with Crippen LogP contribution in [0.4, 0.5) is 4.39 Å². The Hall–Kier alpha value is -2.40. The van der Waals surface area contributed by atoms with Crippen molar-refractivity contribution in [3.8, 4) is 0 Å². The molecule has 2 amide bonds. The van der Waals surface area contributed by atoms with E-state index in [2.05, 4.69) is 5.32 Å². The quantitative estimate of drug-likeness (QED) is 0.631. The molecule has 0 bridgehead atoms. The van der Waals surface area contributed by atoms with Gasteiger partial charge in [0, 0.05) is 18.1 Å². The van der Waals surface area contributed by atoms with Crippen molar-refractivity contribution < 1.29 is 14.0 Å². The van der Waals surface area contributed by atoms with Gasteiger partial charge in [0.25, 0.3) is 0 Å². The molecule has 1 N–H and O–H groups in total. The van der Waals surface area contributed by atoms with Crippen molar-refractivity contribution in [3.05, 3.63) is 70.5 Å². The Morgan fingerprint density at radius 1 is 1.14 bits per heavy atom. The standard InChI is InChI=1S/C22H26ClFN2O2/c1-3-4-13-25-22(28)16(2)26(15-17-9-11-19(23)12-10-17)21(27)14-18-7-5-6-8-20(18)24/h5-12,16H,3-4,13-15H2,1-2H3,(H,25,28)/t16-/m1/s1. The molecule has 0 spiro atoms. The van der Waals surface area contributed by atoms with E-state index in [4.69, 9.17) is 11.6 Å². The van der Waals surface area contributed by atoms with E-state index in [-0.39, 0.29) is 24.8 Å². The number of nitrogens with zero attached hydrogens (tertiary/aromatic N) is 1. The van der Waals surface area contributed by atoms with Crippen LogP contribution < -0.4 is 5.32 Å². The second-order valence-electron chi connectivity index (χ2n) is 6.74. The first-order valence-corrected chi connectivity index (χ1v) is 9.85. The third-order valence-corrected chi connectivity index (χ3v) is 4.81. The number of unbranched alkanes of at least 4 members (excludes halogenated alkanes) is 1. The average Bonchev–Trinajstić information content (AvgIpc) is 2.68. The van der Waals surface area contributed by atoms with Crippen LogP contribution in [0.3, 0.4) is 0 Å². The van der Waals surface area contributed by atoms with Crippen molar-refractivity contribution in [3.63, 3.8) is 0 Å². The molecule has 2 aromatic carbocycles. The van der Waals surface area contributed by atoms with Gasteiger partial charge >= 0.3 is 0 Å². The molecule has 0 fully saturated rings. The number of halogens is 2. The second kappa shape index (κ2) is 10.8. The Morgan fingerprint density at radius 3 is 2.46 bits per heavy atom. The molecule has 0 radical (unpaired) electrons. The molecule has 0 saturated heterocycles. The summed E-state index contributed by atoms with van der Waals surface area (Å²) in [6.07, 6.45) is 1.74. The maximum Gasteiger partial charge on any atom is 0.242 e. The number of hydrogen-bond donors (Lipinski definition) is 1. The molecule has 2 aromatic rings. The number of rotatable bonds is 9. The molecule has 0 aliphatic carbocycles. The highest BCUT2D eigenvalue weighted by Crippen LogP contribution is 2.16. The maximum atomic E-state index is 14.0. The van der Waals surface area contributed by atoms with E-state index in [0.29, 0.717) is 17.1 Å². The van der Waals surface area contributed by atoms with Crippen molar-refractivity contribution in [1.29, 1.82) is 0 Å². The monoisotopic (exact) mass is 404 g/mol. The fourth-order valence-electron chi connectivity index (χ4n) is 2.81. The Balaban J connectivity index is 2.18. The molecular formula is C22H26ClFN2O2. The van der Waals surface area contributed by atoms with Crippen LogP contribution in [0.2, 0.25) is 5.02 Å². The number of hydrogen-bond acceptors (Lipinski definition) is 2. The zero-order valence-corrected chi connectivity index (χ0v) is 17.0. The summed E-state index contributed by atoms with van der Waals surface area (Å²) in [5, 5.41) is 3.46. The third kappa shape index (κ3) is 6.34. The SMILES string of the molecule is CCCCNC(=O)[C@@H](C)N(Cc1ccc(Cl)cc1)C(=O)Cc1ccccc1F. The van der Waals surface area contributed by atoms with Crippen LogP contribution in [-0.4, -0.2) is 29.3 Å². The number of benzene rings is 2. The molecule has 2 rings (SSSR count). The first kappa shape index (κ1) is 21.9. The molecule has 1 atom stereocenters. The predicted octanol–water partition coefficient (Wildman–Crippen LogP) is 4.36. The van der Waals surface area contributed by atoms with Crippen LogP contribution >= 0.6 is 11.6 Å². The minimum absolute atomic E-state index is 0.104. The van der Waals surface area contributed by atoms with E-state index < -0.39 is 11.9 Å². The first-order chi connectivity index (χ1) is 13.4. The van der Waals surface area contributed by atoms with E-state index in [1.165, 1.54) is 11.0 Å². The Labute approximate surface area is 170 Å². The summed E-state index contributed by atoms with van der Waals surface area (Å²) < 4.78 is 14.0. The zero-order chi connectivity index (χ0) is 20.5. The Bertz CT molecular complexity index is 795. The summed E-state index contributed by atoms with van der Waals surface area (Å²) in [6.45, 7) is 4.54. The Kier molecular flexibility index (Phi) is 8.45. The van der Waals surface area contributed by atoms with Crippen molar-refractivity contribution in [2.45, 2.75) is 45.7 Å². The van der Waals surface area contributed by atoms with Crippen LogP contribution in [-0.2, 0) is 22.6 Å². The number of amides is 2. The van der Waals surface area contributed by atoms with Gasteiger partial charge in [0.1, 0.15) is 11.9 Å². The number of nitrogens with one attached hydrogen (secondary N) is 1. The van der Waals surface area contributed by atoms with Crippen molar-refractivity contribution in [1.82, 2.24) is 10.2 Å². The summed E-state index contributed by atoms with van der Waals surface area (Å²) >= 11 is 5.93. The van der Waals surface area contributed by atoms with Gasteiger partial charge in [-0.25, -0.2) is 4.39 Å².